The van der Waals surface area contributed by atoms with Gasteiger partial charge >= 0.3 is 0 Å². The van der Waals surface area contributed by atoms with E-state index in [0.29, 0.717) is 0 Å². The van der Waals surface area contributed by atoms with Crippen molar-refractivity contribution in [2.45, 2.75) is 6.92 Å². The van der Waals surface area contributed by atoms with E-state index in [2.05, 4.69) is 27.0 Å². The lowest BCUT2D eigenvalue weighted by atomic mass is 10.2. The van der Waals surface area contributed by atoms with E-state index in [1.165, 1.54) is 0 Å². The van der Waals surface area contributed by atoms with Crippen LogP contribution in [0.1, 0.15) is 5.56 Å². The predicted molar refractivity (Wildman–Crippen MR) is 79.2 cm³/mol. The summed E-state index contributed by atoms with van der Waals surface area (Å²) < 4.78 is 2.08. The van der Waals surface area contributed by atoms with Gasteiger partial charge in [0.15, 0.2) is 0 Å². The molecule has 1 heterocycles. The molecule has 2 nitrogen and oxygen atoms in total. The molecule has 0 atom stereocenters. The van der Waals surface area contributed by atoms with Gasteiger partial charge in [-0.3, -0.25) is 0 Å². The first-order valence-corrected chi connectivity index (χ1v) is 7.11. The van der Waals surface area contributed by atoms with Crippen molar-refractivity contribution in [3.63, 3.8) is 0 Å². The van der Waals surface area contributed by atoms with E-state index >= 15 is 0 Å². The van der Waals surface area contributed by atoms with Gasteiger partial charge in [0.25, 0.3) is 0 Å². The summed E-state index contributed by atoms with van der Waals surface area (Å²) >= 11 is 5.01. The number of benzene rings is 2. The molecule has 0 spiro atoms. The van der Waals surface area contributed by atoms with Gasteiger partial charge in [-0.15, -0.1) is 11.3 Å². The Bertz CT molecular complexity index is 736. The van der Waals surface area contributed by atoms with Gasteiger partial charge in [0, 0.05) is 4.47 Å². The van der Waals surface area contributed by atoms with Gasteiger partial charge < -0.3 is 5.11 Å². The normalized spacial score (nSPS) is 11.0. The maximum Gasteiger partial charge on any atom is 0.128 e. The van der Waals surface area contributed by atoms with E-state index in [9.17, 15) is 5.11 Å². The molecule has 0 radical (unpaired) electrons. The Labute approximate surface area is 117 Å². The number of phenolic OH excluding ortho intramolecular Hbond substituents is 1. The first kappa shape index (κ1) is 11.7. The Kier molecular flexibility index (Phi) is 2.84. The fourth-order valence-electron chi connectivity index (χ4n) is 1.88. The minimum atomic E-state index is 0.259. The van der Waals surface area contributed by atoms with E-state index in [4.69, 9.17) is 0 Å². The number of thiazole rings is 1. The highest BCUT2D eigenvalue weighted by Gasteiger charge is 2.11. The first-order chi connectivity index (χ1) is 8.65. The minimum absolute atomic E-state index is 0.259. The molecule has 1 N–H and O–H groups in total. The lowest BCUT2D eigenvalue weighted by Gasteiger charge is -2.00. The predicted octanol–water partition coefficient (Wildman–Crippen LogP) is 4.74. The van der Waals surface area contributed by atoms with Crippen LogP contribution in [0.25, 0.3) is 20.8 Å². The van der Waals surface area contributed by atoms with E-state index in [0.717, 1.165) is 30.8 Å². The summed E-state index contributed by atoms with van der Waals surface area (Å²) in [5, 5.41) is 10.8. The molecule has 18 heavy (non-hydrogen) atoms. The second-order valence-corrected chi connectivity index (χ2v) is 6.05. The highest BCUT2D eigenvalue weighted by atomic mass is 79.9. The van der Waals surface area contributed by atoms with Gasteiger partial charge in [0.1, 0.15) is 10.8 Å². The van der Waals surface area contributed by atoms with E-state index < -0.39 is 0 Å². The zero-order valence-electron chi connectivity index (χ0n) is 9.64. The Morgan fingerprint density at radius 3 is 2.83 bits per heavy atom. The van der Waals surface area contributed by atoms with Gasteiger partial charge in [-0.05, 0) is 36.8 Å². The SMILES string of the molecule is Cc1cccc2sc(-c3cc(Br)ccc3O)nc12. The maximum atomic E-state index is 9.93. The summed E-state index contributed by atoms with van der Waals surface area (Å²) in [5.41, 5.74) is 2.94. The fraction of sp³-hybridized carbons (Fsp3) is 0.0714. The number of para-hydroxylation sites is 1. The van der Waals surface area contributed by atoms with E-state index in [1.807, 2.05) is 31.2 Å². The largest absolute Gasteiger partial charge is 0.507 e. The number of phenols is 1. The quantitative estimate of drug-likeness (QED) is 0.702. The van der Waals surface area contributed by atoms with Gasteiger partial charge in [-0.25, -0.2) is 4.98 Å². The second kappa shape index (κ2) is 4.37. The van der Waals surface area contributed by atoms with Crippen LogP contribution in [0, 0.1) is 6.92 Å². The Morgan fingerprint density at radius 2 is 2.06 bits per heavy atom. The molecule has 1 aromatic heterocycles. The van der Waals surface area contributed by atoms with Gasteiger partial charge in [0.05, 0.1) is 15.8 Å². The number of nitrogens with zero attached hydrogens (tertiary/aromatic N) is 1. The fourth-order valence-corrected chi connectivity index (χ4v) is 3.31. The van der Waals surface area contributed by atoms with Crippen LogP contribution in [0.2, 0.25) is 0 Å². The molecule has 0 aliphatic carbocycles. The number of aryl methyl sites for hydroxylation is 1. The smallest absolute Gasteiger partial charge is 0.128 e. The van der Waals surface area contributed by atoms with Crippen molar-refractivity contribution in [1.82, 2.24) is 4.98 Å². The molecule has 0 amide bonds. The minimum Gasteiger partial charge on any atom is -0.507 e. The van der Waals surface area contributed by atoms with Crippen molar-refractivity contribution in [3.05, 3.63) is 46.4 Å². The maximum absolute atomic E-state index is 9.93. The number of hydrogen-bond acceptors (Lipinski definition) is 3. The third-order valence-electron chi connectivity index (χ3n) is 2.81. The van der Waals surface area contributed by atoms with Crippen LogP contribution in [0.5, 0.6) is 5.75 Å². The Morgan fingerprint density at radius 1 is 1.22 bits per heavy atom. The van der Waals surface area contributed by atoms with E-state index in [1.54, 1.807) is 17.4 Å². The van der Waals surface area contributed by atoms with E-state index in [-0.39, 0.29) is 5.75 Å². The lowest BCUT2D eigenvalue weighted by Crippen LogP contribution is -1.79. The van der Waals surface area contributed by atoms with Crippen LogP contribution < -0.4 is 0 Å². The van der Waals surface area contributed by atoms with Crippen molar-refractivity contribution in [1.29, 1.82) is 0 Å². The van der Waals surface area contributed by atoms with Crippen LogP contribution in [-0.2, 0) is 0 Å². The topological polar surface area (TPSA) is 33.1 Å². The average molecular weight is 320 g/mol. The molecule has 0 unspecified atom stereocenters. The van der Waals surface area contributed by atoms with Crippen LogP contribution in [-0.4, -0.2) is 10.1 Å². The van der Waals surface area contributed by atoms with Crippen molar-refractivity contribution in [3.8, 4) is 16.3 Å². The zero-order valence-corrected chi connectivity index (χ0v) is 12.0. The summed E-state index contributed by atoms with van der Waals surface area (Å²) in [4.78, 5) is 4.62. The molecule has 4 heteroatoms. The summed E-state index contributed by atoms with van der Waals surface area (Å²) in [7, 11) is 0. The number of fused-ring (bicyclic) bond motifs is 1. The van der Waals surface area contributed by atoms with Gasteiger partial charge in [-0.2, -0.15) is 0 Å². The molecular weight excluding hydrogens is 310 g/mol. The molecule has 3 aromatic rings. The van der Waals surface area contributed by atoms with Gasteiger partial charge in [-0.1, -0.05) is 28.1 Å². The number of rotatable bonds is 1. The number of aromatic hydroxyl groups is 1. The van der Waals surface area contributed by atoms with Crippen LogP contribution in [0.4, 0.5) is 0 Å². The highest BCUT2D eigenvalue weighted by Crippen LogP contribution is 2.37. The van der Waals surface area contributed by atoms with Crippen molar-refractivity contribution in [2.75, 3.05) is 0 Å². The number of aromatic nitrogens is 1. The third kappa shape index (κ3) is 1.91. The van der Waals surface area contributed by atoms with Crippen molar-refractivity contribution < 1.29 is 5.11 Å². The molecule has 0 saturated heterocycles. The molecule has 90 valence electrons. The summed E-state index contributed by atoms with van der Waals surface area (Å²) in [6, 6.07) is 11.5. The molecular formula is C14H10BrNOS. The standard InChI is InChI=1S/C14H10BrNOS/c1-8-3-2-4-12-13(8)16-14(18-12)10-7-9(15)5-6-11(10)17/h2-7,17H,1H3. The molecule has 0 fully saturated rings. The Balaban J connectivity index is 2.26. The number of halogens is 1. The highest BCUT2D eigenvalue weighted by molar-refractivity contribution is 9.10. The van der Waals surface area contributed by atoms with Crippen LogP contribution >= 0.6 is 27.3 Å². The van der Waals surface area contributed by atoms with Crippen LogP contribution in [0.3, 0.4) is 0 Å². The zero-order chi connectivity index (χ0) is 12.7. The molecule has 3 rings (SSSR count). The summed E-state index contributed by atoms with van der Waals surface area (Å²) in [5.74, 6) is 0.259. The summed E-state index contributed by atoms with van der Waals surface area (Å²) in [6.07, 6.45) is 0. The van der Waals surface area contributed by atoms with Crippen molar-refractivity contribution in [2.24, 2.45) is 0 Å². The number of hydrogen-bond donors (Lipinski definition) is 1. The average Bonchev–Trinajstić information content (AvgIpc) is 2.77. The van der Waals surface area contributed by atoms with Crippen LogP contribution in [0.15, 0.2) is 40.9 Å². The monoisotopic (exact) mass is 319 g/mol. The molecule has 0 aliphatic heterocycles. The molecule has 0 aliphatic rings. The lowest BCUT2D eigenvalue weighted by molar-refractivity contribution is 0.477. The molecule has 0 saturated carbocycles. The van der Waals surface area contributed by atoms with Gasteiger partial charge in [0.2, 0.25) is 0 Å². The first-order valence-electron chi connectivity index (χ1n) is 5.50. The third-order valence-corrected chi connectivity index (χ3v) is 4.36. The summed E-state index contributed by atoms with van der Waals surface area (Å²) in [6.45, 7) is 2.05. The van der Waals surface area contributed by atoms with Crippen molar-refractivity contribution >= 4 is 37.5 Å². The Hall–Kier alpha value is -1.39. The molecule has 2 aromatic carbocycles. The molecule has 0 bridgehead atoms. The second-order valence-electron chi connectivity index (χ2n) is 4.10.